The van der Waals surface area contributed by atoms with E-state index in [1.807, 2.05) is 42.5 Å². The van der Waals surface area contributed by atoms with Crippen LogP contribution >= 0.6 is 11.8 Å². The number of carbonyl (C=O) groups excluding carboxylic acids is 2. The molecule has 1 aliphatic carbocycles. The predicted octanol–water partition coefficient (Wildman–Crippen LogP) is 3.99. The molecule has 4 rings (SSSR count). The minimum absolute atomic E-state index is 0.0215. The van der Waals surface area contributed by atoms with E-state index in [2.05, 4.69) is 20.7 Å². The van der Waals surface area contributed by atoms with Crippen molar-refractivity contribution in [1.82, 2.24) is 25.4 Å². The topological polar surface area (TPSA) is 88.9 Å². The molecule has 1 heterocycles. The number of hydrogen-bond donors (Lipinski definition) is 2. The summed E-state index contributed by atoms with van der Waals surface area (Å²) in [5.74, 6) is 0.783. The van der Waals surface area contributed by atoms with Crippen LogP contribution in [0.25, 0.3) is 5.69 Å². The standard InChI is InChI=1S/C25H29N5O2S/c31-24(27-14-19-6-2-1-3-7-19)16-33-23-9-5-4-8-22(23)25(32)28-15-20-10-12-21(13-11-20)30-18-26-17-29-30/h4-5,8-13,17-19H,1-3,6-7,14-16H2,(H,27,31)(H,28,32). The van der Waals surface area contributed by atoms with Crippen LogP contribution in [0.5, 0.6) is 0 Å². The molecule has 0 bridgehead atoms. The van der Waals surface area contributed by atoms with Crippen LogP contribution in [-0.4, -0.2) is 38.9 Å². The van der Waals surface area contributed by atoms with Crippen molar-refractivity contribution in [1.29, 1.82) is 0 Å². The number of hydrogen-bond acceptors (Lipinski definition) is 5. The van der Waals surface area contributed by atoms with E-state index in [0.717, 1.165) is 22.7 Å². The zero-order chi connectivity index (χ0) is 22.9. The van der Waals surface area contributed by atoms with Gasteiger partial charge in [0.15, 0.2) is 0 Å². The Balaban J connectivity index is 1.27. The molecule has 1 aliphatic rings. The number of nitrogens with zero attached hydrogens (tertiary/aromatic N) is 3. The van der Waals surface area contributed by atoms with Gasteiger partial charge in [0.05, 0.1) is 17.0 Å². The molecular formula is C25H29N5O2S. The van der Waals surface area contributed by atoms with Crippen molar-refractivity contribution in [3.8, 4) is 5.69 Å². The van der Waals surface area contributed by atoms with Gasteiger partial charge in [-0.2, -0.15) is 5.10 Å². The first kappa shape index (κ1) is 23.0. The molecule has 0 radical (unpaired) electrons. The van der Waals surface area contributed by atoms with Crippen molar-refractivity contribution >= 4 is 23.6 Å². The molecule has 8 heteroatoms. The lowest BCUT2D eigenvalue weighted by Crippen LogP contribution is -2.31. The highest BCUT2D eigenvalue weighted by Crippen LogP contribution is 2.24. The number of aromatic nitrogens is 3. The summed E-state index contributed by atoms with van der Waals surface area (Å²) in [6.07, 6.45) is 9.39. The smallest absolute Gasteiger partial charge is 0.252 e. The van der Waals surface area contributed by atoms with Gasteiger partial charge in [-0.15, -0.1) is 11.8 Å². The zero-order valence-corrected chi connectivity index (χ0v) is 19.4. The largest absolute Gasteiger partial charge is 0.355 e. The second-order valence-corrected chi connectivity index (χ2v) is 9.30. The van der Waals surface area contributed by atoms with E-state index < -0.39 is 0 Å². The highest BCUT2D eigenvalue weighted by atomic mass is 32.2. The lowest BCUT2D eigenvalue weighted by atomic mass is 9.89. The van der Waals surface area contributed by atoms with Gasteiger partial charge in [-0.05, 0) is 48.6 Å². The summed E-state index contributed by atoms with van der Waals surface area (Å²) in [5, 5.41) is 10.2. The van der Waals surface area contributed by atoms with E-state index in [0.29, 0.717) is 23.8 Å². The molecule has 2 aromatic carbocycles. The summed E-state index contributed by atoms with van der Waals surface area (Å²) in [7, 11) is 0. The molecule has 0 atom stereocenters. The van der Waals surface area contributed by atoms with Gasteiger partial charge in [-0.1, -0.05) is 43.5 Å². The van der Waals surface area contributed by atoms with Crippen LogP contribution in [0.15, 0.2) is 66.1 Å². The first-order chi connectivity index (χ1) is 16.2. The first-order valence-electron chi connectivity index (χ1n) is 11.4. The third-order valence-electron chi connectivity index (χ3n) is 5.88. The summed E-state index contributed by atoms with van der Waals surface area (Å²) in [5.41, 5.74) is 2.48. The maximum absolute atomic E-state index is 12.8. The molecule has 2 amide bonds. The molecule has 1 aromatic heterocycles. The molecule has 0 aliphatic heterocycles. The fraction of sp³-hybridized carbons (Fsp3) is 0.360. The Morgan fingerprint density at radius 2 is 1.79 bits per heavy atom. The van der Waals surface area contributed by atoms with Gasteiger partial charge in [0.25, 0.3) is 5.91 Å². The molecular weight excluding hydrogens is 434 g/mol. The highest BCUT2D eigenvalue weighted by molar-refractivity contribution is 8.00. The van der Waals surface area contributed by atoms with E-state index in [-0.39, 0.29) is 11.8 Å². The first-order valence-corrected chi connectivity index (χ1v) is 12.4. The van der Waals surface area contributed by atoms with Gasteiger partial charge in [-0.3, -0.25) is 9.59 Å². The van der Waals surface area contributed by atoms with Gasteiger partial charge in [0.1, 0.15) is 12.7 Å². The van der Waals surface area contributed by atoms with Crippen LogP contribution < -0.4 is 10.6 Å². The molecule has 1 fully saturated rings. The van der Waals surface area contributed by atoms with Crippen LogP contribution in [0.2, 0.25) is 0 Å². The fourth-order valence-corrected chi connectivity index (χ4v) is 4.89. The zero-order valence-electron chi connectivity index (χ0n) is 18.6. The maximum Gasteiger partial charge on any atom is 0.252 e. The number of rotatable bonds is 9. The second-order valence-electron chi connectivity index (χ2n) is 8.28. The Bertz CT molecular complexity index is 1050. The minimum Gasteiger partial charge on any atom is -0.355 e. The van der Waals surface area contributed by atoms with Crippen molar-refractivity contribution in [3.05, 3.63) is 72.3 Å². The van der Waals surface area contributed by atoms with Gasteiger partial charge in [0, 0.05) is 18.0 Å². The molecule has 0 saturated heterocycles. The van der Waals surface area contributed by atoms with Crippen LogP contribution in [-0.2, 0) is 11.3 Å². The third-order valence-corrected chi connectivity index (χ3v) is 6.95. The highest BCUT2D eigenvalue weighted by Gasteiger charge is 2.16. The number of nitrogens with one attached hydrogen (secondary N) is 2. The molecule has 2 N–H and O–H groups in total. The second kappa shape index (κ2) is 11.7. The molecule has 0 spiro atoms. The van der Waals surface area contributed by atoms with Crippen molar-refractivity contribution in [2.75, 3.05) is 12.3 Å². The number of amides is 2. The fourth-order valence-electron chi connectivity index (χ4n) is 4.01. The van der Waals surface area contributed by atoms with Gasteiger partial charge in [-0.25, -0.2) is 9.67 Å². The monoisotopic (exact) mass is 463 g/mol. The van der Waals surface area contributed by atoms with E-state index >= 15 is 0 Å². The van der Waals surface area contributed by atoms with Gasteiger partial charge in [0.2, 0.25) is 5.91 Å². The van der Waals surface area contributed by atoms with E-state index in [1.165, 1.54) is 50.2 Å². The van der Waals surface area contributed by atoms with Crippen molar-refractivity contribution < 1.29 is 9.59 Å². The summed E-state index contributed by atoms with van der Waals surface area (Å²) in [4.78, 5) is 29.9. The summed E-state index contributed by atoms with van der Waals surface area (Å²) in [6.45, 7) is 1.18. The Morgan fingerprint density at radius 3 is 2.55 bits per heavy atom. The van der Waals surface area contributed by atoms with Crippen molar-refractivity contribution in [2.24, 2.45) is 5.92 Å². The van der Waals surface area contributed by atoms with Gasteiger partial charge < -0.3 is 10.6 Å². The van der Waals surface area contributed by atoms with E-state index in [4.69, 9.17) is 0 Å². The molecule has 1 saturated carbocycles. The molecule has 0 unspecified atom stereocenters. The average Bonchev–Trinajstić information content (AvgIpc) is 3.41. The normalized spacial score (nSPS) is 14.1. The van der Waals surface area contributed by atoms with Crippen LogP contribution in [0, 0.1) is 5.92 Å². The van der Waals surface area contributed by atoms with Crippen LogP contribution in [0.3, 0.4) is 0 Å². The maximum atomic E-state index is 12.8. The van der Waals surface area contributed by atoms with Gasteiger partial charge >= 0.3 is 0 Å². The van der Waals surface area contributed by atoms with E-state index in [1.54, 1.807) is 17.1 Å². The number of benzene rings is 2. The predicted molar refractivity (Wildman–Crippen MR) is 129 cm³/mol. The van der Waals surface area contributed by atoms with Crippen LogP contribution in [0.4, 0.5) is 0 Å². The summed E-state index contributed by atoms with van der Waals surface area (Å²) >= 11 is 1.40. The lowest BCUT2D eigenvalue weighted by molar-refractivity contribution is -0.118. The lowest BCUT2D eigenvalue weighted by Gasteiger charge is -2.21. The van der Waals surface area contributed by atoms with E-state index in [9.17, 15) is 9.59 Å². The molecule has 172 valence electrons. The quantitative estimate of drug-likeness (QED) is 0.469. The molecule has 3 aromatic rings. The number of carbonyl (C=O) groups is 2. The summed E-state index contributed by atoms with van der Waals surface area (Å²) < 4.78 is 1.68. The minimum atomic E-state index is -0.152. The Morgan fingerprint density at radius 1 is 1.00 bits per heavy atom. The summed E-state index contributed by atoms with van der Waals surface area (Å²) in [6, 6.07) is 15.2. The van der Waals surface area contributed by atoms with Crippen molar-refractivity contribution in [2.45, 2.75) is 43.5 Å². The third kappa shape index (κ3) is 6.68. The Labute approximate surface area is 198 Å². The SMILES string of the molecule is O=C(CSc1ccccc1C(=O)NCc1ccc(-n2cncn2)cc1)NCC1CCCCC1. The van der Waals surface area contributed by atoms with Crippen LogP contribution in [0.1, 0.15) is 48.0 Å². The van der Waals surface area contributed by atoms with Crippen molar-refractivity contribution in [3.63, 3.8) is 0 Å². The molecule has 33 heavy (non-hydrogen) atoms. The average molecular weight is 464 g/mol. The Kier molecular flexibility index (Phi) is 8.14. The Hall–Kier alpha value is -3.13. The number of thioether (sulfide) groups is 1. The molecule has 7 nitrogen and oxygen atoms in total.